The Bertz CT molecular complexity index is 368. The van der Waals surface area contributed by atoms with Gasteiger partial charge >= 0.3 is 0 Å². The van der Waals surface area contributed by atoms with E-state index in [1.807, 2.05) is 0 Å². The molecule has 0 saturated carbocycles. The van der Waals surface area contributed by atoms with Gasteiger partial charge in [0.15, 0.2) is 0 Å². The molecule has 1 aromatic rings. The predicted molar refractivity (Wildman–Crippen MR) is 72.9 cm³/mol. The summed E-state index contributed by atoms with van der Waals surface area (Å²) in [5, 5.41) is 4.42. The molecule has 0 bridgehead atoms. The summed E-state index contributed by atoms with van der Waals surface area (Å²) >= 11 is 1.78. The van der Waals surface area contributed by atoms with Crippen molar-refractivity contribution in [2.75, 3.05) is 20.3 Å². The van der Waals surface area contributed by atoms with Gasteiger partial charge in [0.2, 0.25) is 0 Å². The number of methoxy groups -OCH3 is 1. The highest BCUT2D eigenvalue weighted by atomic mass is 32.1. The Morgan fingerprint density at radius 2 is 2.39 bits per heavy atom. The number of fused-ring (bicyclic) bond motifs is 1. The molecule has 0 aliphatic carbocycles. The maximum atomic E-state index is 6.14. The fourth-order valence-electron chi connectivity index (χ4n) is 3.21. The van der Waals surface area contributed by atoms with Gasteiger partial charge in [-0.2, -0.15) is 11.3 Å². The molecular weight excluding hydrogens is 246 g/mol. The van der Waals surface area contributed by atoms with Gasteiger partial charge in [-0.05, 0) is 41.7 Å². The number of likely N-dealkylation sites (tertiary alicyclic amines) is 1. The predicted octanol–water partition coefficient (Wildman–Crippen LogP) is 2.52. The summed E-state index contributed by atoms with van der Waals surface area (Å²) in [6.07, 6.45) is 4.31. The van der Waals surface area contributed by atoms with Crippen LogP contribution in [0.4, 0.5) is 0 Å². The minimum Gasteiger partial charge on any atom is -0.382 e. The van der Waals surface area contributed by atoms with Crippen molar-refractivity contribution in [1.29, 1.82) is 0 Å². The Morgan fingerprint density at radius 1 is 1.44 bits per heavy atom. The average Bonchev–Trinajstić information content (AvgIpc) is 3.00. The van der Waals surface area contributed by atoms with Crippen LogP contribution in [0.25, 0.3) is 0 Å². The second-order valence-electron chi connectivity index (χ2n) is 5.29. The standard InChI is InChI=1S/C14H21NO2S/c1-16-9-12-2-3-13-14(17-12)4-6-15(13)8-11-5-7-18-10-11/h5,7,10,12-14H,2-4,6,8-9H2,1H3/t12-,13-,14-/m0/s1. The molecule has 3 rings (SSSR count). The second-order valence-corrected chi connectivity index (χ2v) is 6.07. The van der Waals surface area contributed by atoms with Crippen LogP contribution in [0.5, 0.6) is 0 Å². The number of rotatable bonds is 4. The Balaban J connectivity index is 1.58. The highest BCUT2D eigenvalue weighted by Gasteiger charge is 2.39. The largest absolute Gasteiger partial charge is 0.382 e. The fraction of sp³-hybridized carbons (Fsp3) is 0.714. The normalized spacial score (nSPS) is 32.6. The first-order valence-corrected chi connectivity index (χ1v) is 7.70. The highest BCUT2D eigenvalue weighted by Crippen LogP contribution is 2.32. The molecule has 0 amide bonds. The quantitative estimate of drug-likeness (QED) is 0.836. The van der Waals surface area contributed by atoms with Crippen molar-refractivity contribution in [3.63, 3.8) is 0 Å². The number of hydrogen-bond acceptors (Lipinski definition) is 4. The molecule has 3 heterocycles. The van der Waals surface area contributed by atoms with Crippen molar-refractivity contribution >= 4 is 11.3 Å². The van der Waals surface area contributed by atoms with Crippen LogP contribution in [-0.2, 0) is 16.0 Å². The van der Waals surface area contributed by atoms with Gasteiger partial charge in [0, 0.05) is 26.2 Å². The summed E-state index contributed by atoms with van der Waals surface area (Å²) in [4.78, 5) is 2.59. The molecule has 2 aliphatic rings. The molecule has 0 radical (unpaired) electrons. The lowest BCUT2D eigenvalue weighted by atomic mass is 9.99. The van der Waals surface area contributed by atoms with E-state index in [4.69, 9.17) is 9.47 Å². The number of ether oxygens (including phenoxy) is 2. The molecule has 0 spiro atoms. The number of thiophene rings is 1. The second kappa shape index (κ2) is 5.70. The molecule has 1 aromatic heterocycles. The third-order valence-electron chi connectivity index (χ3n) is 4.07. The van der Waals surface area contributed by atoms with E-state index < -0.39 is 0 Å². The molecule has 2 fully saturated rings. The first kappa shape index (κ1) is 12.6. The summed E-state index contributed by atoms with van der Waals surface area (Å²) in [5.74, 6) is 0. The molecule has 100 valence electrons. The van der Waals surface area contributed by atoms with Crippen molar-refractivity contribution < 1.29 is 9.47 Å². The maximum absolute atomic E-state index is 6.14. The van der Waals surface area contributed by atoms with Crippen LogP contribution in [0.1, 0.15) is 24.8 Å². The van der Waals surface area contributed by atoms with E-state index in [-0.39, 0.29) is 0 Å². The first-order chi connectivity index (χ1) is 8.86. The van der Waals surface area contributed by atoms with Gasteiger partial charge in [0.05, 0.1) is 18.8 Å². The topological polar surface area (TPSA) is 21.7 Å². The molecule has 3 atom stereocenters. The van der Waals surface area contributed by atoms with E-state index >= 15 is 0 Å². The summed E-state index contributed by atoms with van der Waals surface area (Å²) in [7, 11) is 1.76. The van der Waals surface area contributed by atoms with Crippen LogP contribution in [0, 0.1) is 0 Å². The van der Waals surface area contributed by atoms with E-state index in [9.17, 15) is 0 Å². The molecule has 0 aromatic carbocycles. The van der Waals surface area contributed by atoms with Gasteiger partial charge in [0.1, 0.15) is 0 Å². The maximum Gasteiger partial charge on any atom is 0.0813 e. The molecule has 2 saturated heterocycles. The smallest absolute Gasteiger partial charge is 0.0813 e. The number of nitrogens with zero attached hydrogens (tertiary/aromatic N) is 1. The van der Waals surface area contributed by atoms with Crippen molar-refractivity contribution in [1.82, 2.24) is 4.90 Å². The van der Waals surface area contributed by atoms with Crippen molar-refractivity contribution in [2.45, 2.75) is 44.1 Å². The molecule has 2 aliphatic heterocycles. The highest BCUT2D eigenvalue weighted by molar-refractivity contribution is 7.07. The Morgan fingerprint density at radius 3 is 3.17 bits per heavy atom. The minimum atomic E-state index is 0.317. The zero-order valence-electron chi connectivity index (χ0n) is 10.9. The fourth-order valence-corrected chi connectivity index (χ4v) is 3.87. The third-order valence-corrected chi connectivity index (χ3v) is 4.80. The van der Waals surface area contributed by atoms with Gasteiger partial charge in [-0.25, -0.2) is 0 Å². The Hall–Kier alpha value is -0.420. The van der Waals surface area contributed by atoms with E-state index in [0.717, 1.165) is 19.6 Å². The summed E-state index contributed by atoms with van der Waals surface area (Å²) < 4.78 is 11.3. The lowest BCUT2D eigenvalue weighted by Crippen LogP contribution is -2.43. The molecule has 18 heavy (non-hydrogen) atoms. The molecular formula is C14H21NO2S. The van der Waals surface area contributed by atoms with Crippen LogP contribution in [0.2, 0.25) is 0 Å². The first-order valence-electron chi connectivity index (χ1n) is 6.76. The summed E-state index contributed by atoms with van der Waals surface area (Å²) in [6.45, 7) is 3.00. The van der Waals surface area contributed by atoms with Gasteiger partial charge in [-0.15, -0.1) is 0 Å². The Labute approximate surface area is 113 Å². The van der Waals surface area contributed by atoms with Crippen molar-refractivity contribution in [3.05, 3.63) is 22.4 Å². The van der Waals surface area contributed by atoms with Crippen molar-refractivity contribution in [2.24, 2.45) is 0 Å². The van der Waals surface area contributed by atoms with Crippen LogP contribution < -0.4 is 0 Å². The monoisotopic (exact) mass is 267 g/mol. The zero-order valence-corrected chi connectivity index (χ0v) is 11.7. The van der Waals surface area contributed by atoms with E-state index in [0.29, 0.717) is 18.2 Å². The van der Waals surface area contributed by atoms with Crippen LogP contribution in [0.15, 0.2) is 16.8 Å². The summed E-state index contributed by atoms with van der Waals surface area (Å²) in [6, 6.07) is 2.85. The van der Waals surface area contributed by atoms with Crippen molar-refractivity contribution in [3.8, 4) is 0 Å². The number of hydrogen-bond donors (Lipinski definition) is 0. The third kappa shape index (κ3) is 2.62. The van der Waals surface area contributed by atoms with Crippen LogP contribution >= 0.6 is 11.3 Å². The average molecular weight is 267 g/mol. The molecule has 3 nitrogen and oxygen atoms in total. The van der Waals surface area contributed by atoms with Crippen LogP contribution in [0.3, 0.4) is 0 Å². The lowest BCUT2D eigenvalue weighted by molar-refractivity contribution is -0.0938. The van der Waals surface area contributed by atoms with E-state index in [1.165, 1.54) is 24.9 Å². The molecule has 0 N–H and O–H groups in total. The zero-order chi connectivity index (χ0) is 12.4. The van der Waals surface area contributed by atoms with Gasteiger partial charge in [-0.1, -0.05) is 0 Å². The molecule has 0 unspecified atom stereocenters. The Kier molecular flexibility index (Phi) is 3.99. The SMILES string of the molecule is COC[C@@H]1CC[C@H]2[C@H](CCN2Cc2ccsc2)O1. The van der Waals surface area contributed by atoms with Gasteiger partial charge in [-0.3, -0.25) is 4.90 Å². The summed E-state index contributed by atoms with van der Waals surface area (Å²) in [5.41, 5.74) is 1.44. The van der Waals surface area contributed by atoms with E-state index in [1.54, 1.807) is 18.4 Å². The van der Waals surface area contributed by atoms with Crippen LogP contribution in [-0.4, -0.2) is 43.4 Å². The van der Waals surface area contributed by atoms with Gasteiger partial charge < -0.3 is 9.47 Å². The molecule has 4 heteroatoms. The van der Waals surface area contributed by atoms with Gasteiger partial charge in [0.25, 0.3) is 0 Å². The lowest BCUT2D eigenvalue weighted by Gasteiger charge is -2.35. The van der Waals surface area contributed by atoms with E-state index in [2.05, 4.69) is 21.7 Å². The minimum absolute atomic E-state index is 0.317.